The Labute approximate surface area is 197 Å². The van der Waals surface area contributed by atoms with Gasteiger partial charge in [0, 0.05) is 40.6 Å². The van der Waals surface area contributed by atoms with E-state index in [0.29, 0.717) is 38.9 Å². The molecule has 0 aliphatic carbocycles. The first-order valence-electron chi connectivity index (χ1n) is 10.6. The van der Waals surface area contributed by atoms with Gasteiger partial charge in [-0.15, -0.1) is 11.3 Å². The van der Waals surface area contributed by atoms with E-state index >= 15 is 0 Å². The molecular weight excluding hydrogens is 457 g/mol. The fourth-order valence-corrected chi connectivity index (χ4v) is 4.65. The number of anilines is 1. The molecule has 5 aromatic rings. The lowest BCUT2D eigenvalue weighted by atomic mass is 10.0. The van der Waals surface area contributed by atoms with E-state index < -0.39 is 5.63 Å². The van der Waals surface area contributed by atoms with E-state index in [4.69, 9.17) is 9.15 Å². The van der Waals surface area contributed by atoms with E-state index in [1.54, 1.807) is 35.8 Å². The zero-order chi connectivity index (χ0) is 23.8. The number of ether oxygens (including phenoxy) is 1. The normalized spacial score (nSPS) is 11.3. The molecule has 0 aliphatic rings. The Morgan fingerprint density at radius 2 is 2.03 bits per heavy atom. The number of carbonyl (C=O) groups excluding carboxylic acids is 1. The summed E-state index contributed by atoms with van der Waals surface area (Å²) in [6, 6.07) is 11.3. The average Bonchev–Trinajstić information content (AvgIpc) is 3.41. The van der Waals surface area contributed by atoms with Crippen LogP contribution in [0.4, 0.5) is 10.2 Å². The van der Waals surface area contributed by atoms with Crippen molar-refractivity contribution in [3.63, 3.8) is 0 Å². The third-order valence-corrected chi connectivity index (χ3v) is 6.49. The van der Waals surface area contributed by atoms with Crippen LogP contribution < -0.4 is 15.7 Å². The molecule has 3 aromatic heterocycles. The van der Waals surface area contributed by atoms with Crippen LogP contribution in [0, 0.1) is 12.7 Å². The van der Waals surface area contributed by atoms with Gasteiger partial charge in [0.2, 0.25) is 5.91 Å². The minimum atomic E-state index is -0.470. The summed E-state index contributed by atoms with van der Waals surface area (Å²) in [6.45, 7) is 1.84. The lowest BCUT2D eigenvalue weighted by Crippen LogP contribution is -2.17. The molecule has 9 heteroatoms. The van der Waals surface area contributed by atoms with Gasteiger partial charge in [0.25, 0.3) is 0 Å². The first kappa shape index (κ1) is 21.8. The van der Waals surface area contributed by atoms with Gasteiger partial charge < -0.3 is 14.5 Å². The van der Waals surface area contributed by atoms with Crippen LogP contribution in [-0.2, 0) is 11.2 Å². The second-order valence-electron chi connectivity index (χ2n) is 7.77. The van der Waals surface area contributed by atoms with Gasteiger partial charge in [-0.25, -0.2) is 14.2 Å². The molecule has 0 unspecified atom stereocenters. The zero-order valence-corrected chi connectivity index (χ0v) is 19.2. The molecule has 0 saturated heterocycles. The second-order valence-corrected chi connectivity index (χ2v) is 8.65. The smallest absolute Gasteiger partial charge is 0.339 e. The van der Waals surface area contributed by atoms with Crippen molar-refractivity contribution < 1.29 is 18.3 Å². The first-order valence-corrected chi connectivity index (χ1v) is 11.4. The van der Waals surface area contributed by atoms with E-state index in [1.165, 1.54) is 23.5 Å². The molecule has 5 rings (SSSR count). The Kier molecular flexibility index (Phi) is 5.62. The molecule has 172 valence electrons. The summed E-state index contributed by atoms with van der Waals surface area (Å²) in [5, 5.41) is 5.58. The van der Waals surface area contributed by atoms with Crippen LogP contribution in [0.3, 0.4) is 0 Å². The minimum Gasteiger partial charge on any atom is -0.497 e. The highest BCUT2D eigenvalue weighted by atomic mass is 32.1. The number of thiazole rings is 1. The molecule has 0 atom stereocenters. The summed E-state index contributed by atoms with van der Waals surface area (Å²) in [5.74, 6) is 0.477. The van der Waals surface area contributed by atoms with Crippen LogP contribution in [0.25, 0.3) is 27.2 Å². The number of imidazole rings is 1. The number of amides is 1. The Morgan fingerprint density at radius 3 is 2.79 bits per heavy atom. The van der Waals surface area contributed by atoms with Gasteiger partial charge >= 0.3 is 5.63 Å². The van der Waals surface area contributed by atoms with Gasteiger partial charge in [0.15, 0.2) is 4.96 Å². The number of rotatable bonds is 6. The maximum atomic E-state index is 13.4. The van der Waals surface area contributed by atoms with Crippen molar-refractivity contribution in [2.45, 2.75) is 19.8 Å². The lowest BCUT2D eigenvalue weighted by Gasteiger charge is -2.10. The maximum Gasteiger partial charge on any atom is 0.339 e. The number of halogens is 1. The van der Waals surface area contributed by atoms with Crippen LogP contribution in [0.5, 0.6) is 5.75 Å². The predicted molar refractivity (Wildman–Crippen MR) is 129 cm³/mol. The molecule has 0 aliphatic heterocycles. The molecule has 1 amide bonds. The Morgan fingerprint density at radius 1 is 1.24 bits per heavy atom. The Hall–Kier alpha value is -3.98. The van der Waals surface area contributed by atoms with Crippen LogP contribution in [0.1, 0.15) is 17.5 Å². The van der Waals surface area contributed by atoms with E-state index in [0.717, 1.165) is 10.9 Å². The zero-order valence-electron chi connectivity index (χ0n) is 18.4. The standard InChI is InChI=1S/C25H20FN3O4S/c1-14-18-8-7-17(32-2)13-20(18)33-24(31)19(14)9-10-21(30)27-23-22(15-3-5-16(26)6-4-15)28-25-29(23)11-12-34-25/h3-8,11-13H,9-10H2,1-2H3,(H,27,30). The Balaban J connectivity index is 1.40. The van der Waals surface area contributed by atoms with E-state index in [1.807, 2.05) is 24.6 Å². The molecule has 0 bridgehead atoms. The number of nitrogens with one attached hydrogen (secondary N) is 1. The van der Waals surface area contributed by atoms with E-state index in [-0.39, 0.29) is 24.6 Å². The van der Waals surface area contributed by atoms with Gasteiger partial charge in [0.05, 0.1) is 7.11 Å². The van der Waals surface area contributed by atoms with Crippen molar-refractivity contribution >= 4 is 39.0 Å². The third-order valence-electron chi connectivity index (χ3n) is 5.73. The number of methoxy groups -OCH3 is 1. The highest BCUT2D eigenvalue weighted by molar-refractivity contribution is 7.15. The number of nitrogens with zero attached hydrogens (tertiary/aromatic N) is 2. The summed E-state index contributed by atoms with van der Waals surface area (Å²) in [5.41, 5.74) is 2.45. The molecule has 7 nitrogen and oxygen atoms in total. The summed E-state index contributed by atoms with van der Waals surface area (Å²) in [4.78, 5) is 30.8. The van der Waals surface area contributed by atoms with Crippen molar-refractivity contribution in [3.05, 3.63) is 81.4 Å². The topological polar surface area (TPSA) is 85.8 Å². The molecule has 0 spiro atoms. The van der Waals surface area contributed by atoms with E-state index in [9.17, 15) is 14.0 Å². The number of fused-ring (bicyclic) bond motifs is 2. The van der Waals surface area contributed by atoms with Crippen molar-refractivity contribution in [2.24, 2.45) is 0 Å². The molecule has 1 N–H and O–H groups in total. The molecule has 0 fully saturated rings. The van der Waals surface area contributed by atoms with Crippen LogP contribution >= 0.6 is 11.3 Å². The summed E-state index contributed by atoms with van der Waals surface area (Å²) in [6.07, 6.45) is 2.11. The number of hydrogen-bond donors (Lipinski definition) is 1. The number of carbonyl (C=O) groups is 1. The predicted octanol–water partition coefficient (Wildman–Crippen LogP) is 5.20. The van der Waals surface area contributed by atoms with Crippen molar-refractivity contribution in [1.29, 1.82) is 0 Å². The van der Waals surface area contributed by atoms with Crippen LogP contribution in [0.2, 0.25) is 0 Å². The van der Waals surface area contributed by atoms with E-state index in [2.05, 4.69) is 10.3 Å². The van der Waals surface area contributed by atoms with Gasteiger partial charge in [0.1, 0.15) is 28.7 Å². The monoisotopic (exact) mass is 477 g/mol. The average molecular weight is 478 g/mol. The summed E-state index contributed by atoms with van der Waals surface area (Å²) >= 11 is 1.43. The van der Waals surface area contributed by atoms with Gasteiger partial charge in [-0.3, -0.25) is 9.20 Å². The van der Waals surface area contributed by atoms with Crippen LogP contribution in [0.15, 0.2) is 63.3 Å². The molecule has 0 radical (unpaired) electrons. The van der Waals surface area contributed by atoms with Crippen molar-refractivity contribution in [3.8, 4) is 17.0 Å². The number of aromatic nitrogens is 2. The van der Waals surface area contributed by atoms with Crippen molar-refractivity contribution in [1.82, 2.24) is 9.38 Å². The highest BCUT2D eigenvalue weighted by Crippen LogP contribution is 2.31. The second kappa shape index (κ2) is 8.75. The fourth-order valence-electron chi connectivity index (χ4n) is 3.94. The largest absolute Gasteiger partial charge is 0.497 e. The lowest BCUT2D eigenvalue weighted by molar-refractivity contribution is -0.116. The molecule has 3 heterocycles. The van der Waals surface area contributed by atoms with Gasteiger partial charge in [-0.1, -0.05) is 0 Å². The number of aryl methyl sites for hydroxylation is 1. The molecule has 0 saturated carbocycles. The fraction of sp³-hybridized carbons (Fsp3) is 0.160. The van der Waals surface area contributed by atoms with Gasteiger partial charge in [-0.05, 0) is 55.3 Å². The maximum absolute atomic E-state index is 13.4. The first-order chi connectivity index (χ1) is 16.4. The summed E-state index contributed by atoms with van der Waals surface area (Å²) < 4.78 is 25.8. The summed E-state index contributed by atoms with van der Waals surface area (Å²) in [7, 11) is 1.55. The molecule has 34 heavy (non-hydrogen) atoms. The molecule has 2 aromatic carbocycles. The number of benzene rings is 2. The minimum absolute atomic E-state index is 0.0769. The third kappa shape index (κ3) is 3.94. The Bertz CT molecular complexity index is 1580. The molecular formula is C25H20FN3O4S. The van der Waals surface area contributed by atoms with Crippen LogP contribution in [-0.4, -0.2) is 22.4 Å². The quantitative estimate of drug-likeness (QED) is 0.340. The van der Waals surface area contributed by atoms with Gasteiger partial charge in [-0.2, -0.15) is 0 Å². The van der Waals surface area contributed by atoms with Crippen molar-refractivity contribution in [2.75, 3.05) is 12.4 Å². The highest BCUT2D eigenvalue weighted by Gasteiger charge is 2.19. The number of hydrogen-bond acceptors (Lipinski definition) is 6. The SMILES string of the molecule is COc1ccc2c(C)c(CCC(=O)Nc3c(-c4ccc(F)cc4)nc4sccn34)c(=O)oc2c1.